The molecular formula is C24H43NO3. The highest BCUT2D eigenvalue weighted by molar-refractivity contribution is 5.72. The van der Waals surface area contributed by atoms with Crippen LogP contribution in [0.1, 0.15) is 90.4 Å². The Balaban J connectivity index is 1.23. The molecule has 3 fully saturated rings. The Labute approximate surface area is 172 Å². The van der Waals surface area contributed by atoms with Crippen LogP contribution in [0.25, 0.3) is 0 Å². The molecule has 0 bridgehead atoms. The first-order valence-corrected chi connectivity index (χ1v) is 12.2. The summed E-state index contributed by atoms with van der Waals surface area (Å²) in [4.78, 5) is 14.4. The fourth-order valence-electron chi connectivity index (χ4n) is 5.68. The van der Waals surface area contributed by atoms with E-state index in [1.165, 1.54) is 64.2 Å². The largest absolute Gasteiger partial charge is 0.466 e. The van der Waals surface area contributed by atoms with Gasteiger partial charge >= 0.3 is 5.97 Å². The van der Waals surface area contributed by atoms with E-state index in [4.69, 9.17) is 9.47 Å². The van der Waals surface area contributed by atoms with Crippen molar-refractivity contribution in [1.29, 1.82) is 0 Å². The van der Waals surface area contributed by atoms with Crippen molar-refractivity contribution >= 4 is 5.97 Å². The maximum atomic E-state index is 12.0. The Hall–Kier alpha value is -0.610. The molecule has 0 spiro atoms. The molecule has 2 saturated carbocycles. The molecular weight excluding hydrogens is 350 g/mol. The standard InChI is InChI=1S/C24H43NO3/c1-2-27-24(26)22-10-6-15-25(19-22)16-7-17-28-23-13-11-21(12-14-23)18-20-8-4-3-5-9-20/h20-23H,2-19H2,1H3. The van der Waals surface area contributed by atoms with Gasteiger partial charge in [-0.15, -0.1) is 0 Å². The zero-order chi connectivity index (χ0) is 19.6. The van der Waals surface area contributed by atoms with Crippen molar-refractivity contribution in [1.82, 2.24) is 4.90 Å². The highest BCUT2D eigenvalue weighted by Gasteiger charge is 2.27. The smallest absolute Gasteiger partial charge is 0.310 e. The normalized spacial score (nSPS) is 30.2. The van der Waals surface area contributed by atoms with Crippen LogP contribution < -0.4 is 0 Å². The predicted octanol–water partition coefficient (Wildman–Crippen LogP) is 5.20. The van der Waals surface area contributed by atoms with Gasteiger partial charge in [-0.2, -0.15) is 0 Å². The number of ether oxygens (including phenoxy) is 2. The first kappa shape index (κ1) is 22.1. The van der Waals surface area contributed by atoms with E-state index in [-0.39, 0.29) is 11.9 Å². The Bertz CT molecular complexity index is 441. The highest BCUT2D eigenvalue weighted by Crippen LogP contribution is 2.35. The maximum Gasteiger partial charge on any atom is 0.310 e. The Morgan fingerprint density at radius 2 is 1.68 bits per heavy atom. The third-order valence-electron chi connectivity index (χ3n) is 7.28. The summed E-state index contributed by atoms with van der Waals surface area (Å²) in [7, 11) is 0. The number of hydrogen-bond donors (Lipinski definition) is 0. The van der Waals surface area contributed by atoms with Crippen LogP contribution in [0.3, 0.4) is 0 Å². The maximum absolute atomic E-state index is 12.0. The first-order valence-electron chi connectivity index (χ1n) is 12.2. The van der Waals surface area contributed by atoms with E-state index in [2.05, 4.69) is 4.90 Å². The van der Waals surface area contributed by atoms with Crippen LogP contribution in [0.5, 0.6) is 0 Å². The molecule has 0 amide bonds. The number of carbonyl (C=O) groups is 1. The molecule has 3 rings (SSSR count). The summed E-state index contributed by atoms with van der Waals surface area (Å²) in [6.07, 6.45) is 17.9. The predicted molar refractivity (Wildman–Crippen MR) is 113 cm³/mol. The minimum atomic E-state index is -0.00608. The highest BCUT2D eigenvalue weighted by atomic mass is 16.5. The van der Waals surface area contributed by atoms with Crippen molar-refractivity contribution in [2.24, 2.45) is 17.8 Å². The van der Waals surface area contributed by atoms with Crippen LogP contribution in [0.2, 0.25) is 0 Å². The molecule has 1 heterocycles. The van der Waals surface area contributed by atoms with Crippen LogP contribution in [-0.4, -0.2) is 49.8 Å². The SMILES string of the molecule is CCOC(=O)C1CCCN(CCCOC2CCC(CC3CCCCC3)CC2)C1. The van der Waals surface area contributed by atoms with Gasteiger partial charge in [-0.25, -0.2) is 0 Å². The minimum absolute atomic E-state index is 0.00608. The number of rotatable bonds is 9. The van der Waals surface area contributed by atoms with Gasteiger partial charge in [0.2, 0.25) is 0 Å². The second kappa shape index (κ2) is 12.2. The van der Waals surface area contributed by atoms with E-state index >= 15 is 0 Å². The zero-order valence-corrected chi connectivity index (χ0v) is 18.2. The van der Waals surface area contributed by atoms with E-state index in [1.807, 2.05) is 6.92 Å². The van der Waals surface area contributed by atoms with Crippen LogP contribution >= 0.6 is 0 Å². The van der Waals surface area contributed by atoms with Gasteiger partial charge in [0, 0.05) is 19.7 Å². The number of nitrogens with zero attached hydrogens (tertiary/aromatic N) is 1. The van der Waals surface area contributed by atoms with Gasteiger partial charge in [0.05, 0.1) is 18.6 Å². The quantitative estimate of drug-likeness (QED) is 0.399. The van der Waals surface area contributed by atoms with Crippen molar-refractivity contribution in [3.63, 3.8) is 0 Å². The molecule has 2 aliphatic carbocycles. The summed E-state index contributed by atoms with van der Waals surface area (Å²) in [5.74, 6) is 2.07. The Morgan fingerprint density at radius 3 is 2.43 bits per heavy atom. The fourth-order valence-corrected chi connectivity index (χ4v) is 5.68. The van der Waals surface area contributed by atoms with Crippen LogP contribution in [0.4, 0.5) is 0 Å². The van der Waals surface area contributed by atoms with E-state index in [0.717, 1.165) is 57.3 Å². The summed E-state index contributed by atoms with van der Waals surface area (Å²) < 4.78 is 11.4. The number of likely N-dealkylation sites (tertiary alicyclic amines) is 1. The number of hydrogen-bond acceptors (Lipinski definition) is 4. The summed E-state index contributed by atoms with van der Waals surface area (Å²) in [5, 5.41) is 0. The van der Waals surface area contributed by atoms with Gasteiger partial charge in [0.1, 0.15) is 0 Å². The monoisotopic (exact) mass is 393 g/mol. The topological polar surface area (TPSA) is 38.8 Å². The molecule has 4 heteroatoms. The molecule has 0 radical (unpaired) electrons. The van der Waals surface area contributed by atoms with E-state index in [0.29, 0.717) is 12.7 Å². The third-order valence-corrected chi connectivity index (χ3v) is 7.28. The Morgan fingerprint density at radius 1 is 0.929 bits per heavy atom. The summed E-state index contributed by atoms with van der Waals surface area (Å²) in [6.45, 7) is 6.28. The molecule has 0 N–H and O–H groups in total. The first-order chi connectivity index (χ1) is 13.7. The molecule has 0 aromatic carbocycles. The fraction of sp³-hybridized carbons (Fsp3) is 0.958. The summed E-state index contributed by atoms with van der Waals surface area (Å²) >= 11 is 0. The van der Waals surface area contributed by atoms with E-state index in [1.54, 1.807) is 0 Å². The van der Waals surface area contributed by atoms with Crippen molar-refractivity contribution in [3.05, 3.63) is 0 Å². The summed E-state index contributed by atoms with van der Waals surface area (Å²) in [6, 6.07) is 0. The Kier molecular flexibility index (Phi) is 9.60. The number of carbonyl (C=O) groups excluding carboxylic acids is 1. The molecule has 1 aliphatic heterocycles. The van der Waals surface area contributed by atoms with Crippen LogP contribution in [0, 0.1) is 17.8 Å². The van der Waals surface area contributed by atoms with Gasteiger partial charge in [0.25, 0.3) is 0 Å². The van der Waals surface area contributed by atoms with Crippen LogP contribution in [0.15, 0.2) is 0 Å². The number of piperidine rings is 1. The minimum Gasteiger partial charge on any atom is -0.466 e. The molecule has 4 nitrogen and oxygen atoms in total. The van der Waals surface area contributed by atoms with Crippen molar-refractivity contribution < 1.29 is 14.3 Å². The van der Waals surface area contributed by atoms with Gasteiger partial charge in [0.15, 0.2) is 0 Å². The molecule has 0 aromatic rings. The molecule has 1 atom stereocenters. The van der Waals surface area contributed by atoms with Crippen LogP contribution in [-0.2, 0) is 14.3 Å². The second-order valence-electron chi connectivity index (χ2n) is 9.50. The molecule has 162 valence electrons. The average molecular weight is 394 g/mol. The van der Waals surface area contributed by atoms with E-state index < -0.39 is 0 Å². The molecule has 1 unspecified atom stereocenters. The lowest BCUT2D eigenvalue weighted by Gasteiger charge is -2.33. The van der Waals surface area contributed by atoms with Crippen molar-refractivity contribution in [2.75, 3.05) is 32.8 Å². The lowest BCUT2D eigenvalue weighted by molar-refractivity contribution is -0.149. The molecule has 0 aromatic heterocycles. The molecule has 3 aliphatic rings. The number of esters is 1. The van der Waals surface area contributed by atoms with Crippen molar-refractivity contribution in [3.8, 4) is 0 Å². The van der Waals surface area contributed by atoms with Gasteiger partial charge < -0.3 is 14.4 Å². The van der Waals surface area contributed by atoms with Gasteiger partial charge in [-0.05, 0) is 76.7 Å². The second-order valence-corrected chi connectivity index (χ2v) is 9.50. The molecule has 1 saturated heterocycles. The lowest BCUT2D eigenvalue weighted by Crippen LogP contribution is -2.40. The van der Waals surface area contributed by atoms with Gasteiger partial charge in [-0.1, -0.05) is 32.1 Å². The van der Waals surface area contributed by atoms with E-state index in [9.17, 15) is 4.79 Å². The van der Waals surface area contributed by atoms with Crippen molar-refractivity contribution in [2.45, 2.75) is 96.5 Å². The molecule has 28 heavy (non-hydrogen) atoms. The summed E-state index contributed by atoms with van der Waals surface area (Å²) in [5.41, 5.74) is 0. The van der Waals surface area contributed by atoms with Gasteiger partial charge in [-0.3, -0.25) is 4.79 Å². The third kappa shape index (κ3) is 7.33. The average Bonchev–Trinajstić information content (AvgIpc) is 2.73. The lowest BCUT2D eigenvalue weighted by atomic mass is 9.77. The zero-order valence-electron chi connectivity index (χ0n) is 18.2.